The minimum absolute atomic E-state index is 0.569. The fourth-order valence-electron chi connectivity index (χ4n) is 2.01. The number of hydrogen-bond donors (Lipinski definition) is 1. The zero-order valence-corrected chi connectivity index (χ0v) is 13.7. The molecule has 0 aliphatic carbocycles. The van der Waals surface area contributed by atoms with Gasteiger partial charge in [0.1, 0.15) is 0 Å². The van der Waals surface area contributed by atoms with Gasteiger partial charge in [0, 0.05) is 5.75 Å². The van der Waals surface area contributed by atoms with Crippen LogP contribution in [0.1, 0.15) is 36.5 Å². The number of hydrogen-bond acceptors (Lipinski definition) is 2. The van der Waals surface area contributed by atoms with E-state index in [9.17, 15) is 0 Å². The van der Waals surface area contributed by atoms with Crippen molar-refractivity contribution in [3.8, 4) is 0 Å². The summed E-state index contributed by atoms with van der Waals surface area (Å²) in [5.41, 5.74) is 10.7. The Morgan fingerprint density at radius 2 is 1.86 bits per heavy atom. The summed E-state index contributed by atoms with van der Waals surface area (Å²) in [7, 11) is 0. The van der Waals surface area contributed by atoms with E-state index < -0.39 is 0 Å². The molecule has 2 N–H and O–H groups in total. The SMILES string of the molecule is Cc1cccc(N=C(N)SCc2ccc(C(C)C)cc2)c1. The Bertz CT molecular complexity index is 615. The summed E-state index contributed by atoms with van der Waals surface area (Å²) in [4.78, 5) is 4.44. The fraction of sp³-hybridized carbons (Fsp3) is 0.278. The summed E-state index contributed by atoms with van der Waals surface area (Å²) in [6.07, 6.45) is 0. The third-order valence-electron chi connectivity index (χ3n) is 3.27. The summed E-state index contributed by atoms with van der Waals surface area (Å²) in [6, 6.07) is 16.8. The van der Waals surface area contributed by atoms with Crippen LogP contribution in [-0.2, 0) is 5.75 Å². The average Bonchev–Trinajstić information content (AvgIpc) is 2.45. The van der Waals surface area contributed by atoms with Crippen molar-refractivity contribution in [2.75, 3.05) is 0 Å². The molecular weight excluding hydrogens is 276 g/mol. The smallest absolute Gasteiger partial charge is 0.159 e. The molecule has 0 fully saturated rings. The number of amidine groups is 1. The molecule has 0 spiro atoms. The average molecular weight is 298 g/mol. The molecule has 0 saturated carbocycles. The van der Waals surface area contributed by atoms with Gasteiger partial charge in [-0.25, -0.2) is 4.99 Å². The standard InChI is InChI=1S/C18H22N2S/c1-13(2)16-9-7-15(8-10-16)12-21-18(19)20-17-6-4-5-14(3)11-17/h4-11,13H,12H2,1-3H3,(H2,19,20). The molecule has 2 nitrogen and oxygen atoms in total. The van der Waals surface area contributed by atoms with E-state index in [1.165, 1.54) is 16.7 Å². The number of benzene rings is 2. The largest absolute Gasteiger partial charge is 0.378 e. The van der Waals surface area contributed by atoms with E-state index in [0.717, 1.165) is 11.4 Å². The van der Waals surface area contributed by atoms with Crippen molar-refractivity contribution in [3.63, 3.8) is 0 Å². The summed E-state index contributed by atoms with van der Waals surface area (Å²) in [5, 5.41) is 0.605. The van der Waals surface area contributed by atoms with E-state index in [-0.39, 0.29) is 0 Å². The molecule has 0 heterocycles. The predicted octanol–water partition coefficient (Wildman–Crippen LogP) is 5.00. The van der Waals surface area contributed by atoms with Gasteiger partial charge in [-0.3, -0.25) is 0 Å². The predicted molar refractivity (Wildman–Crippen MR) is 94.3 cm³/mol. The van der Waals surface area contributed by atoms with Crippen LogP contribution in [0.2, 0.25) is 0 Å². The van der Waals surface area contributed by atoms with Crippen LogP contribution in [0.5, 0.6) is 0 Å². The highest BCUT2D eigenvalue weighted by Gasteiger charge is 2.01. The first kappa shape index (κ1) is 15.6. The Morgan fingerprint density at radius 1 is 1.14 bits per heavy atom. The first-order valence-electron chi connectivity index (χ1n) is 7.17. The van der Waals surface area contributed by atoms with E-state index in [4.69, 9.17) is 5.73 Å². The molecule has 0 unspecified atom stereocenters. The maximum atomic E-state index is 5.99. The molecule has 2 aromatic carbocycles. The molecule has 0 radical (unpaired) electrons. The molecule has 0 amide bonds. The van der Waals surface area contributed by atoms with Gasteiger partial charge in [0.15, 0.2) is 5.17 Å². The van der Waals surface area contributed by atoms with Crippen molar-refractivity contribution in [2.24, 2.45) is 10.7 Å². The molecule has 110 valence electrons. The second-order valence-electron chi connectivity index (χ2n) is 5.47. The van der Waals surface area contributed by atoms with Crippen LogP contribution >= 0.6 is 11.8 Å². The highest BCUT2D eigenvalue weighted by molar-refractivity contribution is 8.13. The third kappa shape index (κ3) is 4.94. The number of thioether (sulfide) groups is 1. The van der Waals surface area contributed by atoms with E-state index >= 15 is 0 Å². The molecule has 0 aliphatic rings. The number of aliphatic imine (C=N–C) groups is 1. The molecule has 0 bridgehead atoms. The van der Waals surface area contributed by atoms with E-state index in [2.05, 4.69) is 56.1 Å². The van der Waals surface area contributed by atoms with E-state index in [1.54, 1.807) is 11.8 Å². The molecule has 21 heavy (non-hydrogen) atoms. The van der Waals surface area contributed by atoms with Crippen LogP contribution < -0.4 is 5.73 Å². The lowest BCUT2D eigenvalue weighted by molar-refractivity contribution is 0.866. The molecule has 2 aromatic rings. The van der Waals surface area contributed by atoms with Gasteiger partial charge in [-0.15, -0.1) is 0 Å². The normalized spacial score (nSPS) is 11.9. The first-order valence-corrected chi connectivity index (χ1v) is 8.15. The van der Waals surface area contributed by atoms with Gasteiger partial charge in [-0.2, -0.15) is 0 Å². The fourth-order valence-corrected chi connectivity index (χ4v) is 2.69. The van der Waals surface area contributed by atoms with Crippen molar-refractivity contribution in [2.45, 2.75) is 32.4 Å². The zero-order valence-electron chi connectivity index (χ0n) is 12.8. The Hall–Kier alpha value is -1.74. The molecule has 0 saturated heterocycles. The molecule has 2 rings (SSSR count). The van der Waals surface area contributed by atoms with Crippen LogP contribution in [0.4, 0.5) is 5.69 Å². The monoisotopic (exact) mass is 298 g/mol. The Labute approximate surface area is 131 Å². The maximum absolute atomic E-state index is 5.99. The summed E-state index contributed by atoms with van der Waals surface area (Å²) >= 11 is 1.57. The topological polar surface area (TPSA) is 38.4 Å². The lowest BCUT2D eigenvalue weighted by Gasteiger charge is -2.06. The Morgan fingerprint density at radius 3 is 2.48 bits per heavy atom. The maximum Gasteiger partial charge on any atom is 0.159 e. The first-order chi connectivity index (χ1) is 10.0. The van der Waals surface area contributed by atoms with Crippen molar-refractivity contribution in [3.05, 3.63) is 65.2 Å². The van der Waals surface area contributed by atoms with Gasteiger partial charge in [0.25, 0.3) is 0 Å². The van der Waals surface area contributed by atoms with Gasteiger partial charge in [-0.1, -0.05) is 62.0 Å². The van der Waals surface area contributed by atoms with Crippen molar-refractivity contribution in [1.29, 1.82) is 0 Å². The van der Waals surface area contributed by atoms with Crippen LogP contribution in [0.25, 0.3) is 0 Å². The number of nitrogens with two attached hydrogens (primary N) is 1. The molecule has 0 atom stereocenters. The number of aryl methyl sites for hydroxylation is 1. The Kier molecular flexibility index (Phi) is 5.45. The lowest BCUT2D eigenvalue weighted by Crippen LogP contribution is -2.06. The number of rotatable bonds is 4. The minimum Gasteiger partial charge on any atom is -0.378 e. The van der Waals surface area contributed by atoms with Crippen molar-refractivity contribution >= 4 is 22.6 Å². The minimum atomic E-state index is 0.569. The van der Waals surface area contributed by atoms with Crippen molar-refractivity contribution in [1.82, 2.24) is 0 Å². The van der Waals surface area contributed by atoms with Gasteiger partial charge >= 0.3 is 0 Å². The van der Waals surface area contributed by atoms with Gasteiger partial charge in [-0.05, 0) is 41.7 Å². The summed E-state index contributed by atoms with van der Waals surface area (Å²) in [5.74, 6) is 1.42. The van der Waals surface area contributed by atoms with Gasteiger partial charge in [0.2, 0.25) is 0 Å². The quantitative estimate of drug-likeness (QED) is 0.637. The summed E-state index contributed by atoms with van der Waals surface area (Å²) < 4.78 is 0. The Balaban J connectivity index is 1.95. The molecular formula is C18H22N2S. The van der Waals surface area contributed by atoms with E-state index in [0.29, 0.717) is 11.1 Å². The van der Waals surface area contributed by atoms with Gasteiger partial charge in [0.05, 0.1) is 5.69 Å². The number of nitrogens with zero attached hydrogens (tertiary/aromatic N) is 1. The van der Waals surface area contributed by atoms with E-state index in [1.807, 2.05) is 18.2 Å². The second kappa shape index (κ2) is 7.32. The van der Waals surface area contributed by atoms with Crippen LogP contribution in [0.3, 0.4) is 0 Å². The molecule has 0 aromatic heterocycles. The highest BCUT2D eigenvalue weighted by Crippen LogP contribution is 2.20. The van der Waals surface area contributed by atoms with Crippen LogP contribution in [-0.4, -0.2) is 5.17 Å². The third-order valence-corrected chi connectivity index (χ3v) is 4.14. The molecule has 3 heteroatoms. The van der Waals surface area contributed by atoms with Crippen LogP contribution in [0.15, 0.2) is 53.5 Å². The molecule has 0 aliphatic heterocycles. The second-order valence-corrected chi connectivity index (χ2v) is 6.47. The lowest BCUT2D eigenvalue weighted by atomic mass is 10.0. The highest BCUT2D eigenvalue weighted by atomic mass is 32.2. The van der Waals surface area contributed by atoms with Crippen molar-refractivity contribution < 1.29 is 0 Å². The van der Waals surface area contributed by atoms with Crippen LogP contribution in [0, 0.1) is 6.92 Å². The summed E-state index contributed by atoms with van der Waals surface area (Å²) in [6.45, 7) is 6.46. The zero-order chi connectivity index (χ0) is 15.2. The van der Waals surface area contributed by atoms with Gasteiger partial charge < -0.3 is 5.73 Å².